The van der Waals surface area contributed by atoms with E-state index in [4.69, 9.17) is 17.3 Å². The first-order valence-corrected chi connectivity index (χ1v) is 6.13. The van der Waals surface area contributed by atoms with Crippen molar-refractivity contribution in [3.63, 3.8) is 0 Å². The fourth-order valence-corrected chi connectivity index (χ4v) is 2.01. The maximum atomic E-state index is 5.73. The summed E-state index contributed by atoms with van der Waals surface area (Å²) in [5, 5.41) is 1.74. The highest BCUT2D eigenvalue weighted by atomic mass is 35.5. The van der Waals surface area contributed by atoms with Crippen molar-refractivity contribution in [1.82, 2.24) is 4.98 Å². The van der Waals surface area contributed by atoms with Crippen LogP contribution in [0.15, 0.2) is 23.4 Å². The van der Waals surface area contributed by atoms with Crippen LogP contribution in [0.25, 0.3) is 0 Å². The number of rotatable bonds is 6. The first-order chi connectivity index (χ1) is 6.83. The molecule has 1 heterocycles. The van der Waals surface area contributed by atoms with Gasteiger partial charge in [0.1, 0.15) is 0 Å². The summed E-state index contributed by atoms with van der Waals surface area (Å²) in [5.74, 6) is 1.11. The summed E-state index contributed by atoms with van der Waals surface area (Å²) in [4.78, 5) is 4.20. The summed E-state index contributed by atoms with van der Waals surface area (Å²) in [6.07, 6.45) is 5.21. The van der Waals surface area contributed by atoms with Gasteiger partial charge in [-0.2, -0.15) is 0 Å². The molecular formula is C10H15ClN2S. The van der Waals surface area contributed by atoms with Crippen LogP contribution in [0.5, 0.6) is 0 Å². The Balaban J connectivity index is 2.15. The van der Waals surface area contributed by atoms with Crippen LogP contribution in [0, 0.1) is 0 Å². The molecule has 2 nitrogen and oxygen atoms in total. The molecule has 0 radical (unpaired) electrons. The Kier molecular flexibility index (Phi) is 5.99. The molecule has 0 saturated carbocycles. The van der Waals surface area contributed by atoms with Crippen molar-refractivity contribution in [2.45, 2.75) is 24.3 Å². The summed E-state index contributed by atoms with van der Waals surface area (Å²) < 4.78 is 0. The van der Waals surface area contributed by atoms with Crippen molar-refractivity contribution in [2.75, 3.05) is 12.3 Å². The molecule has 14 heavy (non-hydrogen) atoms. The maximum absolute atomic E-state index is 5.73. The molecule has 1 aromatic rings. The molecule has 0 unspecified atom stereocenters. The second-order valence-corrected chi connectivity index (χ2v) is 4.56. The minimum atomic E-state index is 0.692. The average molecular weight is 231 g/mol. The van der Waals surface area contributed by atoms with E-state index in [1.165, 1.54) is 12.8 Å². The number of halogens is 1. The van der Waals surface area contributed by atoms with Crippen LogP contribution in [0.4, 0.5) is 0 Å². The molecule has 0 aliphatic carbocycles. The van der Waals surface area contributed by atoms with Gasteiger partial charge in [-0.1, -0.05) is 18.0 Å². The number of unbranched alkanes of at least 4 members (excludes halogenated alkanes) is 2. The summed E-state index contributed by atoms with van der Waals surface area (Å²) in [6, 6.07) is 3.83. The maximum Gasteiger partial charge on any atom is 0.0960 e. The van der Waals surface area contributed by atoms with Gasteiger partial charge in [0.05, 0.1) is 10.0 Å². The van der Waals surface area contributed by atoms with E-state index >= 15 is 0 Å². The van der Waals surface area contributed by atoms with Crippen LogP contribution in [0.3, 0.4) is 0 Å². The van der Waals surface area contributed by atoms with Crippen molar-refractivity contribution in [3.8, 4) is 0 Å². The lowest BCUT2D eigenvalue weighted by Crippen LogP contribution is -1.97. The minimum Gasteiger partial charge on any atom is -0.330 e. The molecule has 0 aliphatic heterocycles. The Hall–Kier alpha value is -0.250. The summed E-state index contributed by atoms with van der Waals surface area (Å²) in [6.45, 7) is 0.795. The van der Waals surface area contributed by atoms with Gasteiger partial charge in [-0.25, -0.2) is 4.98 Å². The quantitative estimate of drug-likeness (QED) is 0.603. The van der Waals surface area contributed by atoms with Gasteiger partial charge in [-0.15, -0.1) is 11.8 Å². The van der Waals surface area contributed by atoms with E-state index < -0.39 is 0 Å². The van der Waals surface area contributed by atoms with Crippen LogP contribution < -0.4 is 5.73 Å². The van der Waals surface area contributed by atoms with Gasteiger partial charge in [-0.3, -0.25) is 0 Å². The normalized spacial score (nSPS) is 10.4. The first kappa shape index (κ1) is 11.8. The zero-order chi connectivity index (χ0) is 10.2. The Morgan fingerprint density at radius 1 is 1.29 bits per heavy atom. The van der Waals surface area contributed by atoms with E-state index in [1.807, 2.05) is 12.1 Å². The largest absolute Gasteiger partial charge is 0.330 e. The van der Waals surface area contributed by atoms with E-state index in [1.54, 1.807) is 18.0 Å². The molecule has 0 aliphatic rings. The van der Waals surface area contributed by atoms with Gasteiger partial charge in [0, 0.05) is 6.20 Å². The standard InChI is InChI=1S/C10H15ClN2S/c11-9-4-5-10(13-8-9)14-7-3-1-2-6-12/h4-5,8H,1-3,6-7,12H2. The molecule has 1 aromatic heterocycles. The predicted octanol–water partition coefficient (Wildman–Crippen LogP) is 2.96. The zero-order valence-electron chi connectivity index (χ0n) is 8.08. The van der Waals surface area contributed by atoms with Crippen molar-refractivity contribution in [2.24, 2.45) is 5.73 Å². The third-order valence-electron chi connectivity index (χ3n) is 1.80. The molecule has 0 spiro atoms. The van der Waals surface area contributed by atoms with Crippen LogP contribution >= 0.6 is 23.4 Å². The Morgan fingerprint density at radius 2 is 2.14 bits per heavy atom. The molecule has 0 aromatic carbocycles. The highest BCUT2D eigenvalue weighted by molar-refractivity contribution is 7.99. The first-order valence-electron chi connectivity index (χ1n) is 4.77. The Bertz CT molecular complexity index is 251. The SMILES string of the molecule is NCCCCCSc1ccc(Cl)cn1. The molecule has 78 valence electrons. The number of thioether (sulfide) groups is 1. The van der Waals surface area contributed by atoms with Gasteiger partial charge in [0.25, 0.3) is 0 Å². The molecular weight excluding hydrogens is 216 g/mol. The number of nitrogens with two attached hydrogens (primary N) is 1. The predicted molar refractivity (Wildman–Crippen MR) is 62.9 cm³/mol. The lowest BCUT2D eigenvalue weighted by Gasteiger charge is -2.00. The Labute approximate surface area is 94.2 Å². The van der Waals surface area contributed by atoms with Gasteiger partial charge < -0.3 is 5.73 Å². The molecule has 4 heteroatoms. The van der Waals surface area contributed by atoms with E-state index in [-0.39, 0.29) is 0 Å². The molecule has 0 bridgehead atoms. The lowest BCUT2D eigenvalue weighted by molar-refractivity contribution is 0.732. The van der Waals surface area contributed by atoms with Crippen molar-refractivity contribution >= 4 is 23.4 Å². The van der Waals surface area contributed by atoms with E-state index in [0.29, 0.717) is 5.02 Å². The highest BCUT2D eigenvalue weighted by Crippen LogP contribution is 2.18. The van der Waals surface area contributed by atoms with E-state index in [0.717, 1.165) is 23.7 Å². The second-order valence-electron chi connectivity index (χ2n) is 3.01. The monoisotopic (exact) mass is 230 g/mol. The van der Waals surface area contributed by atoms with Gasteiger partial charge in [-0.05, 0) is 37.3 Å². The van der Waals surface area contributed by atoms with Crippen LogP contribution in [0.2, 0.25) is 5.02 Å². The number of nitrogens with zero attached hydrogens (tertiary/aromatic N) is 1. The fraction of sp³-hybridized carbons (Fsp3) is 0.500. The third-order valence-corrected chi connectivity index (χ3v) is 3.05. The summed E-state index contributed by atoms with van der Waals surface area (Å²) in [7, 11) is 0. The van der Waals surface area contributed by atoms with Gasteiger partial charge in [0.15, 0.2) is 0 Å². The summed E-state index contributed by atoms with van der Waals surface area (Å²) >= 11 is 7.50. The zero-order valence-corrected chi connectivity index (χ0v) is 9.65. The lowest BCUT2D eigenvalue weighted by atomic mass is 10.2. The molecule has 0 fully saturated rings. The van der Waals surface area contributed by atoms with E-state index in [9.17, 15) is 0 Å². The third kappa shape index (κ3) is 4.84. The number of pyridine rings is 1. The highest BCUT2D eigenvalue weighted by Gasteiger charge is 1.95. The van der Waals surface area contributed by atoms with Crippen LogP contribution in [-0.2, 0) is 0 Å². The topological polar surface area (TPSA) is 38.9 Å². The fourth-order valence-electron chi connectivity index (χ4n) is 1.05. The van der Waals surface area contributed by atoms with Gasteiger partial charge in [0.2, 0.25) is 0 Å². The summed E-state index contributed by atoms with van der Waals surface area (Å²) in [5.41, 5.74) is 5.40. The molecule has 0 amide bonds. The molecule has 1 rings (SSSR count). The number of hydrogen-bond donors (Lipinski definition) is 1. The van der Waals surface area contributed by atoms with Crippen molar-refractivity contribution in [1.29, 1.82) is 0 Å². The second kappa shape index (κ2) is 7.10. The van der Waals surface area contributed by atoms with Crippen molar-refractivity contribution in [3.05, 3.63) is 23.4 Å². The molecule has 0 saturated heterocycles. The minimum absolute atomic E-state index is 0.692. The van der Waals surface area contributed by atoms with Crippen LogP contribution in [0.1, 0.15) is 19.3 Å². The Morgan fingerprint density at radius 3 is 2.79 bits per heavy atom. The number of aromatic nitrogens is 1. The van der Waals surface area contributed by atoms with Gasteiger partial charge >= 0.3 is 0 Å². The van der Waals surface area contributed by atoms with Crippen molar-refractivity contribution < 1.29 is 0 Å². The molecule has 2 N–H and O–H groups in total. The smallest absolute Gasteiger partial charge is 0.0960 e. The van der Waals surface area contributed by atoms with Crippen LogP contribution in [-0.4, -0.2) is 17.3 Å². The molecule has 0 atom stereocenters. The average Bonchev–Trinajstić information content (AvgIpc) is 2.21. The van der Waals surface area contributed by atoms with E-state index in [2.05, 4.69) is 4.98 Å². The number of hydrogen-bond acceptors (Lipinski definition) is 3.